The molecule has 0 fully saturated rings. The largest absolute Gasteiger partial charge is 0.487 e. The minimum Gasteiger partial charge on any atom is -0.487 e. The van der Waals surface area contributed by atoms with Gasteiger partial charge in [-0.05, 0) is 18.6 Å². The summed E-state index contributed by atoms with van der Waals surface area (Å²) in [6.45, 7) is 4.39. The van der Waals surface area contributed by atoms with Crippen LogP contribution in [0.2, 0.25) is 0 Å². The summed E-state index contributed by atoms with van der Waals surface area (Å²) in [6, 6.07) is 11.5. The van der Waals surface area contributed by atoms with Gasteiger partial charge in [0.15, 0.2) is 5.16 Å². The molecule has 0 spiro atoms. The predicted molar refractivity (Wildman–Crippen MR) is 87.5 cm³/mol. The molecule has 0 aliphatic heterocycles. The number of hydrogen-bond donors (Lipinski definition) is 1. The number of nitrogens with two attached hydrogens (primary N) is 1. The van der Waals surface area contributed by atoms with E-state index < -0.39 is 0 Å². The second kappa shape index (κ2) is 7.66. The Morgan fingerprint density at radius 3 is 2.68 bits per heavy atom. The van der Waals surface area contributed by atoms with E-state index in [-0.39, 0.29) is 18.0 Å². The van der Waals surface area contributed by atoms with Crippen molar-refractivity contribution in [3.63, 3.8) is 0 Å². The number of thioether (sulfide) groups is 1. The highest BCUT2D eigenvalue weighted by Crippen LogP contribution is 2.25. The number of nitrogen functional groups attached to an aromatic ring is 1. The Hall–Kier alpha value is -2.26. The zero-order chi connectivity index (χ0) is 15.9. The lowest BCUT2D eigenvalue weighted by atomic mass is 10.2. The van der Waals surface area contributed by atoms with Crippen LogP contribution in [0.15, 0.2) is 35.5 Å². The fourth-order valence-electron chi connectivity index (χ4n) is 1.71. The maximum Gasteiger partial charge on any atom is 0.190 e. The molecular formula is C16H18N4OS. The Bertz CT molecular complexity index is 670. The molecule has 6 heteroatoms. The van der Waals surface area contributed by atoms with Gasteiger partial charge < -0.3 is 10.5 Å². The number of rotatable bonds is 6. The number of nitriles is 1. The SMILES string of the molecule is CC[C@@H](C)Sc1nc(N)c(C#N)c(COc2ccccc2)n1. The number of anilines is 1. The van der Waals surface area contributed by atoms with E-state index in [0.717, 1.165) is 12.2 Å². The van der Waals surface area contributed by atoms with E-state index >= 15 is 0 Å². The standard InChI is InChI=1S/C16H18N4OS/c1-3-11(2)22-16-19-14(13(9-17)15(18)20-16)10-21-12-7-5-4-6-8-12/h4-8,11H,3,10H2,1-2H3,(H2,18,19,20)/t11-/m1/s1. The molecule has 5 nitrogen and oxygen atoms in total. The first kappa shape index (κ1) is 16.1. The fourth-order valence-corrected chi connectivity index (χ4v) is 2.55. The van der Waals surface area contributed by atoms with Gasteiger partial charge >= 0.3 is 0 Å². The van der Waals surface area contributed by atoms with Crippen molar-refractivity contribution in [2.45, 2.75) is 37.3 Å². The number of para-hydroxylation sites is 1. The fraction of sp³-hybridized carbons (Fsp3) is 0.312. The van der Waals surface area contributed by atoms with Gasteiger partial charge in [-0.3, -0.25) is 0 Å². The quantitative estimate of drug-likeness (QED) is 0.649. The minimum atomic E-state index is 0.188. The first-order valence-corrected chi connectivity index (χ1v) is 7.93. The second-order valence-electron chi connectivity index (χ2n) is 4.76. The van der Waals surface area contributed by atoms with Crippen molar-refractivity contribution in [1.29, 1.82) is 5.26 Å². The van der Waals surface area contributed by atoms with E-state index in [1.807, 2.05) is 30.3 Å². The Morgan fingerprint density at radius 1 is 1.32 bits per heavy atom. The summed E-state index contributed by atoms with van der Waals surface area (Å²) in [5.41, 5.74) is 6.68. The summed E-state index contributed by atoms with van der Waals surface area (Å²) in [5.74, 6) is 0.926. The average Bonchev–Trinajstić information content (AvgIpc) is 2.53. The highest BCUT2D eigenvalue weighted by atomic mass is 32.2. The smallest absolute Gasteiger partial charge is 0.190 e. The molecule has 0 bridgehead atoms. The van der Waals surface area contributed by atoms with Crippen molar-refractivity contribution >= 4 is 17.6 Å². The van der Waals surface area contributed by atoms with Crippen LogP contribution in [0.5, 0.6) is 5.75 Å². The Morgan fingerprint density at radius 2 is 2.05 bits per heavy atom. The Labute approximate surface area is 134 Å². The Balaban J connectivity index is 2.22. The van der Waals surface area contributed by atoms with Crippen molar-refractivity contribution < 1.29 is 4.74 Å². The molecule has 0 aliphatic carbocycles. The molecule has 2 rings (SSSR count). The van der Waals surface area contributed by atoms with Crippen molar-refractivity contribution in [1.82, 2.24) is 9.97 Å². The number of benzene rings is 1. The second-order valence-corrected chi connectivity index (χ2v) is 6.17. The van der Waals surface area contributed by atoms with Crippen LogP contribution in [0.25, 0.3) is 0 Å². The van der Waals surface area contributed by atoms with Crippen LogP contribution in [0.1, 0.15) is 31.5 Å². The molecule has 114 valence electrons. The first-order chi connectivity index (χ1) is 10.6. The van der Waals surface area contributed by atoms with Crippen molar-refractivity contribution in [2.75, 3.05) is 5.73 Å². The molecule has 0 saturated carbocycles. The van der Waals surface area contributed by atoms with Gasteiger partial charge in [0, 0.05) is 5.25 Å². The van der Waals surface area contributed by atoms with E-state index in [4.69, 9.17) is 10.5 Å². The summed E-state index contributed by atoms with van der Waals surface area (Å²) < 4.78 is 5.67. The van der Waals surface area contributed by atoms with Gasteiger partial charge in [-0.1, -0.05) is 43.8 Å². The number of nitrogens with zero attached hydrogens (tertiary/aromatic N) is 3. The lowest BCUT2D eigenvalue weighted by Gasteiger charge is -2.11. The highest BCUT2D eigenvalue weighted by molar-refractivity contribution is 7.99. The minimum absolute atomic E-state index is 0.188. The molecule has 0 radical (unpaired) electrons. The maximum atomic E-state index is 9.24. The predicted octanol–water partition coefficient (Wildman–Crippen LogP) is 3.40. The molecule has 0 aliphatic rings. The third kappa shape index (κ3) is 4.12. The van der Waals surface area contributed by atoms with Crippen LogP contribution < -0.4 is 10.5 Å². The monoisotopic (exact) mass is 314 g/mol. The molecule has 0 amide bonds. The molecule has 1 aromatic carbocycles. The van der Waals surface area contributed by atoms with Gasteiger partial charge in [0.25, 0.3) is 0 Å². The molecule has 2 N–H and O–H groups in total. The molecule has 0 unspecified atom stereocenters. The van der Waals surface area contributed by atoms with Crippen molar-refractivity contribution in [3.05, 3.63) is 41.6 Å². The molecule has 1 heterocycles. The summed E-state index contributed by atoms with van der Waals surface area (Å²) in [7, 11) is 0. The number of hydrogen-bond acceptors (Lipinski definition) is 6. The van der Waals surface area contributed by atoms with Gasteiger partial charge in [-0.2, -0.15) is 5.26 Å². The average molecular weight is 314 g/mol. The molecule has 1 aromatic heterocycles. The van der Waals surface area contributed by atoms with Gasteiger partial charge in [0.2, 0.25) is 0 Å². The summed E-state index contributed by atoms with van der Waals surface area (Å²) in [4.78, 5) is 8.63. The third-order valence-corrected chi connectivity index (χ3v) is 4.23. The van der Waals surface area contributed by atoms with E-state index in [9.17, 15) is 5.26 Å². The van der Waals surface area contributed by atoms with E-state index in [1.54, 1.807) is 11.8 Å². The van der Waals surface area contributed by atoms with Crippen LogP contribution >= 0.6 is 11.8 Å². The van der Waals surface area contributed by atoms with Gasteiger partial charge in [0.1, 0.15) is 35.5 Å². The van der Waals surface area contributed by atoms with E-state index in [2.05, 4.69) is 29.9 Å². The van der Waals surface area contributed by atoms with Crippen LogP contribution in [0.3, 0.4) is 0 Å². The molecule has 22 heavy (non-hydrogen) atoms. The van der Waals surface area contributed by atoms with Crippen LogP contribution in [-0.2, 0) is 6.61 Å². The normalized spacial score (nSPS) is 11.7. The van der Waals surface area contributed by atoms with E-state index in [1.165, 1.54) is 0 Å². The number of aromatic nitrogens is 2. The summed E-state index contributed by atoms with van der Waals surface area (Å²) in [6.07, 6.45) is 1.00. The van der Waals surface area contributed by atoms with Crippen LogP contribution in [0.4, 0.5) is 5.82 Å². The maximum absolute atomic E-state index is 9.24. The first-order valence-electron chi connectivity index (χ1n) is 7.05. The van der Waals surface area contributed by atoms with E-state index in [0.29, 0.717) is 16.1 Å². The van der Waals surface area contributed by atoms with Crippen molar-refractivity contribution in [2.24, 2.45) is 0 Å². The van der Waals surface area contributed by atoms with Gasteiger partial charge in [0.05, 0.1) is 0 Å². The Kier molecular flexibility index (Phi) is 5.61. The van der Waals surface area contributed by atoms with Gasteiger partial charge in [-0.15, -0.1) is 0 Å². The highest BCUT2D eigenvalue weighted by Gasteiger charge is 2.14. The number of ether oxygens (including phenoxy) is 1. The van der Waals surface area contributed by atoms with Crippen molar-refractivity contribution in [3.8, 4) is 11.8 Å². The summed E-state index contributed by atoms with van der Waals surface area (Å²) in [5, 5.41) is 10.2. The molecule has 2 aromatic rings. The third-order valence-electron chi connectivity index (χ3n) is 3.10. The summed E-state index contributed by atoms with van der Waals surface area (Å²) >= 11 is 1.55. The lowest BCUT2D eigenvalue weighted by Crippen LogP contribution is -2.09. The van der Waals surface area contributed by atoms with Gasteiger partial charge in [-0.25, -0.2) is 9.97 Å². The molecular weight excluding hydrogens is 296 g/mol. The topological polar surface area (TPSA) is 84.8 Å². The van der Waals surface area contributed by atoms with Crippen LogP contribution in [0, 0.1) is 11.3 Å². The molecule has 0 saturated heterocycles. The van der Waals surface area contributed by atoms with Crippen LogP contribution in [-0.4, -0.2) is 15.2 Å². The zero-order valence-corrected chi connectivity index (χ0v) is 13.4. The molecule has 1 atom stereocenters. The zero-order valence-electron chi connectivity index (χ0n) is 12.6. The lowest BCUT2D eigenvalue weighted by molar-refractivity contribution is 0.299.